The van der Waals surface area contributed by atoms with Crippen molar-refractivity contribution in [2.75, 3.05) is 0 Å². The zero-order valence-electron chi connectivity index (χ0n) is 7.95. The fourth-order valence-electron chi connectivity index (χ4n) is 0.962. The number of nitrogens with zero attached hydrogens (tertiary/aromatic N) is 1. The first-order chi connectivity index (χ1) is 6.87. The van der Waals surface area contributed by atoms with E-state index in [2.05, 4.69) is 9.51 Å². The van der Waals surface area contributed by atoms with Crippen LogP contribution in [0.5, 0.6) is 5.75 Å². The molecule has 0 atom stereocenters. The average Bonchev–Trinajstić information content (AvgIpc) is 2.05. The van der Waals surface area contributed by atoms with E-state index in [-0.39, 0.29) is 18.0 Å². The van der Waals surface area contributed by atoms with Crippen LogP contribution in [0.4, 0.5) is 0 Å². The standard InChI is InChI=1S/C8H10NO5P/c1-6(10)4-7-2-3-8(5-9-7)14-15(11,12)13/h2-3,5H,4H2,1H3,(H2,11,12,13). The van der Waals surface area contributed by atoms with Gasteiger partial charge in [0.15, 0.2) is 0 Å². The number of ketones is 1. The van der Waals surface area contributed by atoms with Gasteiger partial charge >= 0.3 is 7.82 Å². The minimum absolute atomic E-state index is 0.0318. The van der Waals surface area contributed by atoms with Crippen LogP contribution in [-0.2, 0) is 15.8 Å². The molecule has 0 aromatic carbocycles. The van der Waals surface area contributed by atoms with Crippen LogP contribution in [0, 0.1) is 0 Å². The van der Waals surface area contributed by atoms with E-state index in [1.54, 1.807) is 0 Å². The summed E-state index contributed by atoms with van der Waals surface area (Å²) >= 11 is 0. The summed E-state index contributed by atoms with van der Waals surface area (Å²) in [5.74, 6) is -0.0678. The van der Waals surface area contributed by atoms with E-state index in [9.17, 15) is 9.36 Å². The molecule has 1 heterocycles. The summed E-state index contributed by atoms with van der Waals surface area (Å²) in [5, 5.41) is 0. The smallest absolute Gasteiger partial charge is 0.403 e. The minimum atomic E-state index is -4.54. The maximum Gasteiger partial charge on any atom is 0.524 e. The quantitative estimate of drug-likeness (QED) is 0.740. The number of hydrogen-bond donors (Lipinski definition) is 2. The molecule has 0 aliphatic carbocycles. The topological polar surface area (TPSA) is 96.7 Å². The Morgan fingerprint density at radius 2 is 2.20 bits per heavy atom. The molecule has 0 aliphatic heterocycles. The molecule has 1 aromatic rings. The van der Waals surface area contributed by atoms with Crippen LogP contribution >= 0.6 is 7.82 Å². The third-order valence-electron chi connectivity index (χ3n) is 1.45. The number of pyridine rings is 1. The summed E-state index contributed by atoms with van der Waals surface area (Å²) in [5.41, 5.74) is 0.528. The summed E-state index contributed by atoms with van der Waals surface area (Å²) in [6.45, 7) is 1.43. The van der Waals surface area contributed by atoms with Gasteiger partial charge in [-0.05, 0) is 19.1 Å². The highest BCUT2D eigenvalue weighted by molar-refractivity contribution is 7.46. The Hall–Kier alpha value is -1.23. The summed E-state index contributed by atoms with van der Waals surface area (Å²) in [6.07, 6.45) is 1.35. The lowest BCUT2D eigenvalue weighted by Gasteiger charge is -2.06. The van der Waals surface area contributed by atoms with Gasteiger partial charge in [-0.3, -0.25) is 19.6 Å². The summed E-state index contributed by atoms with van der Waals surface area (Å²) < 4.78 is 14.7. The third kappa shape index (κ3) is 4.69. The molecule has 0 fully saturated rings. The molecule has 0 spiro atoms. The van der Waals surface area contributed by atoms with Gasteiger partial charge in [0.05, 0.1) is 6.20 Å². The molecule has 0 aliphatic rings. The molecule has 82 valence electrons. The molecule has 0 saturated carbocycles. The van der Waals surface area contributed by atoms with Gasteiger partial charge < -0.3 is 4.52 Å². The molecule has 1 rings (SSSR count). The fourth-order valence-corrected chi connectivity index (χ4v) is 1.34. The van der Waals surface area contributed by atoms with Crippen molar-refractivity contribution in [2.24, 2.45) is 0 Å². The number of aromatic nitrogens is 1. The van der Waals surface area contributed by atoms with Gasteiger partial charge in [-0.2, -0.15) is 0 Å². The lowest BCUT2D eigenvalue weighted by Crippen LogP contribution is -1.99. The molecule has 15 heavy (non-hydrogen) atoms. The Labute approximate surface area is 86.2 Å². The van der Waals surface area contributed by atoms with Crippen LogP contribution in [0.1, 0.15) is 12.6 Å². The molecular formula is C8H10NO5P. The lowest BCUT2D eigenvalue weighted by atomic mass is 10.2. The van der Waals surface area contributed by atoms with Crippen molar-refractivity contribution in [1.29, 1.82) is 0 Å². The van der Waals surface area contributed by atoms with Crippen molar-refractivity contribution in [1.82, 2.24) is 4.98 Å². The number of phosphoric ester groups is 1. The van der Waals surface area contributed by atoms with Crippen LogP contribution in [0.25, 0.3) is 0 Å². The van der Waals surface area contributed by atoms with Gasteiger partial charge in [-0.25, -0.2) is 4.57 Å². The molecule has 0 unspecified atom stereocenters. The Bertz CT molecular complexity index is 396. The molecule has 2 N–H and O–H groups in total. The Morgan fingerprint density at radius 1 is 1.53 bits per heavy atom. The number of rotatable bonds is 4. The summed E-state index contributed by atoms with van der Waals surface area (Å²) in [4.78, 5) is 31.5. The second kappa shape index (κ2) is 4.53. The van der Waals surface area contributed by atoms with Crippen molar-refractivity contribution in [3.05, 3.63) is 24.0 Å². The van der Waals surface area contributed by atoms with E-state index in [0.29, 0.717) is 5.69 Å². The number of phosphoric acid groups is 1. The van der Waals surface area contributed by atoms with Crippen molar-refractivity contribution in [3.63, 3.8) is 0 Å². The van der Waals surface area contributed by atoms with Gasteiger partial charge in [0.1, 0.15) is 11.5 Å². The predicted octanol–water partition coefficient (Wildman–Crippen LogP) is 0.685. The molecule has 0 saturated heterocycles. The first-order valence-electron chi connectivity index (χ1n) is 4.06. The molecule has 7 heteroatoms. The van der Waals surface area contributed by atoms with Crippen LogP contribution in [0.2, 0.25) is 0 Å². The van der Waals surface area contributed by atoms with Crippen molar-refractivity contribution < 1.29 is 23.7 Å². The fraction of sp³-hybridized carbons (Fsp3) is 0.250. The lowest BCUT2D eigenvalue weighted by molar-refractivity contribution is -0.116. The van der Waals surface area contributed by atoms with Gasteiger partial charge in [-0.1, -0.05) is 0 Å². The number of hydrogen-bond acceptors (Lipinski definition) is 4. The highest BCUT2D eigenvalue weighted by Gasteiger charge is 2.15. The highest BCUT2D eigenvalue weighted by Crippen LogP contribution is 2.36. The first-order valence-corrected chi connectivity index (χ1v) is 5.59. The van der Waals surface area contributed by atoms with Gasteiger partial charge in [0, 0.05) is 12.1 Å². The van der Waals surface area contributed by atoms with Crippen molar-refractivity contribution in [2.45, 2.75) is 13.3 Å². The molecule has 0 bridgehead atoms. The van der Waals surface area contributed by atoms with Gasteiger partial charge in [-0.15, -0.1) is 0 Å². The maximum atomic E-state index is 10.7. The Kier molecular flexibility index (Phi) is 3.57. The first kappa shape index (κ1) is 11.8. The van der Waals surface area contributed by atoms with Crippen LogP contribution in [-0.4, -0.2) is 20.6 Å². The molecule has 6 nitrogen and oxygen atoms in total. The largest absolute Gasteiger partial charge is 0.524 e. The SMILES string of the molecule is CC(=O)Cc1ccc(OP(=O)(O)O)cn1. The van der Waals surface area contributed by atoms with Gasteiger partial charge in [0.25, 0.3) is 0 Å². The zero-order valence-corrected chi connectivity index (χ0v) is 8.85. The molecule has 1 aromatic heterocycles. The highest BCUT2D eigenvalue weighted by atomic mass is 31.2. The number of carbonyl (C=O) groups excluding carboxylic acids is 1. The summed E-state index contributed by atoms with van der Waals surface area (Å²) in [7, 11) is -4.54. The van der Waals surface area contributed by atoms with Crippen LogP contribution in [0.15, 0.2) is 18.3 Å². The van der Waals surface area contributed by atoms with Crippen molar-refractivity contribution >= 4 is 13.6 Å². The average molecular weight is 231 g/mol. The Balaban J connectivity index is 2.72. The van der Waals surface area contributed by atoms with E-state index in [4.69, 9.17) is 9.79 Å². The number of Topliss-reactive ketones (excluding diaryl/α,β-unsaturated/α-hetero) is 1. The van der Waals surface area contributed by atoms with E-state index >= 15 is 0 Å². The van der Waals surface area contributed by atoms with E-state index in [0.717, 1.165) is 6.20 Å². The molecular weight excluding hydrogens is 221 g/mol. The zero-order chi connectivity index (χ0) is 11.5. The maximum absolute atomic E-state index is 10.7. The minimum Gasteiger partial charge on any atom is -0.403 e. The predicted molar refractivity (Wildman–Crippen MR) is 51.3 cm³/mol. The summed E-state index contributed by atoms with van der Waals surface area (Å²) in [6, 6.07) is 2.83. The Morgan fingerprint density at radius 3 is 2.60 bits per heavy atom. The van der Waals surface area contributed by atoms with E-state index in [1.165, 1.54) is 19.1 Å². The molecule has 0 radical (unpaired) electrons. The number of carbonyl (C=O) groups is 1. The normalized spacial score (nSPS) is 11.1. The third-order valence-corrected chi connectivity index (χ3v) is 1.90. The second-order valence-corrected chi connectivity index (χ2v) is 4.11. The van der Waals surface area contributed by atoms with Crippen LogP contribution in [0.3, 0.4) is 0 Å². The van der Waals surface area contributed by atoms with Gasteiger partial charge in [0.2, 0.25) is 0 Å². The van der Waals surface area contributed by atoms with Crippen molar-refractivity contribution in [3.8, 4) is 5.75 Å². The van der Waals surface area contributed by atoms with E-state index in [1.807, 2.05) is 0 Å². The molecule has 0 amide bonds. The van der Waals surface area contributed by atoms with Crippen LogP contribution < -0.4 is 4.52 Å². The van der Waals surface area contributed by atoms with E-state index < -0.39 is 7.82 Å². The monoisotopic (exact) mass is 231 g/mol. The second-order valence-electron chi connectivity index (χ2n) is 2.95.